The molecule has 0 amide bonds. The summed E-state index contributed by atoms with van der Waals surface area (Å²) in [5.74, 6) is 0. The molecule has 3 nitrogen and oxygen atoms in total. The van der Waals surface area contributed by atoms with Crippen LogP contribution in [0.1, 0.15) is 0 Å². The van der Waals surface area contributed by atoms with Gasteiger partial charge in [0.05, 0.1) is 4.70 Å². The van der Waals surface area contributed by atoms with Crippen molar-refractivity contribution in [3.05, 3.63) is 30.5 Å². The lowest BCUT2D eigenvalue weighted by molar-refractivity contribution is 0.534. The zero-order valence-corrected chi connectivity index (χ0v) is 9.39. The highest BCUT2D eigenvalue weighted by Crippen LogP contribution is 2.15. The van der Waals surface area contributed by atoms with Crippen LogP contribution in [0.25, 0.3) is 10.1 Å². The van der Waals surface area contributed by atoms with Crippen LogP contribution in [0.4, 0.5) is 0 Å². The molecule has 0 unspecified atom stereocenters. The highest BCUT2D eigenvalue weighted by atomic mass is 32.1. The van der Waals surface area contributed by atoms with Crippen molar-refractivity contribution in [2.24, 2.45) is 0 Å². The van der Waals surface area contributed by atoms with Crippen LogP contribution in [0.2, 0.25) is 0 Å². The maximum atomic E-state index is 4.04. The van der Waals surface area contributed by atoms with Gasteiger partial charge in [0.25, 0.3) is 0 Å². The van der Waals surface area contributed by atoms with Gasteiger partial charge in [-0.25, -0.2) is 0 Å². The Bertz CT molecular complexity index is 354. The third kappa shape index (κ3) is 3.27. The van der Waals surface area contributed by atoms with E-state index in [-0.39, 0.29) is 0 Å². The number of nitrogens with one attached hydrogen (secondary N) is 2. The lowest BCUT2D eigenvalue weighted by atomic mass is 10.3. The van der Waals surface area contributed by atoms with Crippen molar-refractivity contribution in [3.63, 3.8) is 0 Å². The van der Waals surface area contributed by atoms with Crippen molar-refractivity contribution in [1.29, 1.82) is 0 Å². The second-order valence-corrected chi connectivity index (χ2v) is 4.20. The van der Waals surface area contributed by atoms with E-state index in [0.29, 0.717) is 0 Å². The number of aromatic nitrogens is 1. The van der Waals surface area contributed by atoms with E-state index in [2.05, 4.69) is 27.1 Å². The molecule has 1 aromatic carbocycles. The van der Waals surface area contributed by atoms with Crippen LogP contribution in [0.15, 0.2) is 30.5 Å². The highest BCUT2D eigenvalue weighted by molar-refractivity contribution is 7.13. The monoisotopic (exact) mass is 221 g/mol. The van der Waals surface area contributed by atoms with E-state index < -0.39 is 0 Å². The van der Waals surface area contributed by atoms with Crippen molar-refractivity contribution in [2.45, 2.75) is 0 Å². The molecule has 3 rings (SSSR count). The van der Waals surface area contributed by atoms with Crippen molar-refractivity contribution in [3.8, 4) is 0 Å². The number of nitrogens with zero attached hydrogens (tertiary/aromatic N) is 1. The summed E-state index contributed by atoms with van der Waals surface area (Å²) >= 11 is 1.54. The van der Waals surface area contributed by atoms with E-state index >= 15 is 0 Å². The molecule has 0 spiro atoms. The summed E-state index contributed by atoms with van der Waals surface area (Å²) in [5, 5.41) is 7.68. The van der Waals surface area contributed by atoms with Crippen molar-refractivity contribution in [1.82, 2.24) is 15.0 Å². The SMILES string of the molecule is C1CNCCN1.c1ccc2sncc2c1. The number of hydrogen-bond donors (Lipinski definition) is 2. The zero-order chi connectivity index (χ0) is 10.3. The first-order valence-corrected chi connectivity index (χ1v) is 5.95. The summed E-state index contributed by atoms with van der Waals surface area (Å²) in [6, 6.07) is 8.20. The molecule has 15 heavy (non-hydrogen) atoms. The Hall–Kier alpha value is -0.970. The fourth-order valence-corrected chi connectivity index (χ4v) is 2.06. The van der Waals surface area contributed by atoms with Gasteiger partial charge in [-0.3, -0.25) is 0 Å². The van der Waals surface area contributed by atoms with Gasteiger partial charge >= 0.3 is 0 Å². The fourth-order valence-electron chi connectivity index (χ4n) is 1.41. The number of benzene rings is 1. The van der Waals surface area contributed by atoms with Gasteiger partial charge in [-0.05, 0) is 17.6 Å². The molecule has 2 N–H and O–H groups in total. The Morgan fingerprint density at radius 3 is 2.27 bits per heavy atom. The van der Waals surface area contributed by atoms with E-state index in [1.54, 1.807) is 0 Å². The zero-order valence-electron chi connectivity index (χ0n) is 8.57. The second-order valence-electron chi connectivity index (χ2n) is 3.36. The molecule has 1 saturated heterocycles. The minimum atomic E-state index is 1.14. The summed E-state index contributed by atoms with van der Waals surface area (Å²) in [7, 11) is 0. The summed E-state index contributed by atoms with van der Waals surface area (Å²) in [4.78, 5) is 0. The number of hydrogen-bond acceptors (Lipinski definition) is 4. The quantitative estimate of drug-likeness (QED) is 0.707. The van der Waals surface area contributed by atoms with Crippen molar-refractivity contribution in [2.75, 3.05) is 26.2 Å². The Morgan fingerprint density at radius 1 is 1.00 bits per heavy atom. The molecule has 1 aliphatic rings. The maximum Gasteiger partial charge on any atom is 0.0549 e. The number of piperazine rings is 1. The maximum absolute atomic E-state index is 4.04. The Morgan fingerprint density at radius 2 is 1.67 bits per heavy atom. The average Bonchev–Trinajstić information content (AvgIpc) is 2.80. The third-order valence-electron chi connectivity index (χ3n) is 2.22. The molecule has 0 aliphatic carbocycles. The standard InChI is InChI=1S/C7H5NS.C4H10N2/c1-2-4-7-6(3-1)5-8-9-7;1-2-6-4-3-5-1/h1-5H;5-6H,1-4H2. The van der Waals surface area contributed by atoms with E-state index in [0.717, 1.165) is 26.2 Å². The van der Waals surface area contributed by atoms with Crippen LogP contribution in [0.5, 0.6) is 0 Å². The molecule has 1 aliphatic heterocycles. The van der Waals surface area contributed by atoms with E-state index in [1.807, 2.05) is 18.3 Å². The largest absolute Gasteiger partial charge is 0.314 e. The fraction of sp³-hybridized carbons (Fsp3) is 0.364. The molecule has 1 fully saturated rings. The Kier molecular flexibility index (Phi) is 4.08. The minimum absolute atomic E-state index is 1.14. The first-order valence-electron chi connectivity index (χ1n) is 5.18. The number of fused-ring (bicyclic) bond motifs is 1. The summed E-state index contributed by atoms with van der Waals surface area (Å²) in [6.45, 7) is 4.56. The van der Waals surface area contributed by atoms with Gasteiger partial charge in [0.2, 0.25) is 0 Å². The molecule has 80 valence electrons. The van der Waals surface area contributed by atoms with E-state index in [1.165, 1.54) is 21.6 Å². The number of rotatable bonds is 0. The van der Waals surface area contributed by atoms with Gasteiger partial charge in [-0.15, -0.1) is 0 Å². The van der Waals surface area contributed by atoms with Crippen molar-refractivity contribution >= 4 is 21.6 Å². The highest BCUT2D eigenvalue weighted by Gasteiger charge is 1.91. The van der Waals surface area contributed by atoms with Gasteiger partial charge < -0.3 is 10.6 Å². The predicted octanol–water partition coefficient (Wildman–Crippen LogP) is 1.48. The van der Waals surface area contributed by atoms with Crippen LogP contribution in [0, 0.1) is 0 Å². The second kappa shape index (κ2) is 5.80. The molecule has 0 saturated carbocycles. The van der Waals surface area contributed by atoms with E-state index in [4.69, 9.17) is 0 Å². The molecule has 0 bridgehead atoms. The first kappa shape index (κ1) is 10.5. The normalized spacial score (nSPS) is 15.7. The molecular formula is C11H15N3S. The molecule has 2 aromatic rings. The van der Waals surface area contributed by atoms with Crippen LogP contribution in [-0.4, -0.2) is 30.6 Å². The Balaban J connectivity index is 0.000000124. The average molecular weight is 221 g/mol. The van der Waals surface area contributed by atoms with Crippen LogP contribution in [-0.2, 0) is 0 Å². The van der Waals surface area contributed by atoms with Crippen LogP contribution < -0.4 is 10.6 Å². The summed E-state index contributed by atoms with van der Waals surface area (Å²) in [6.07, 6.45) is 1.89. The summed E-state index contributed by atoms with van der Waals surface area (Å²) in [5.41, 5.74) is 0. The van der Waals surface area contributed by atoms with Gasteiger partial charge in [0, 0.05) is 37.8 Å². The molecule has 4 heteroatoms. The van der Waals surface area contributed by atoms with Gasteiger partial charge in [0.15, 0.2) is 0 Å². The third-order valence-corrected chi connectivity index (χ3v) is 3.00. The topological polar surface area (TPSA) is 37.0 Å². The molecule has 2 heterocycles. The van der Waals surface area contributed by atoms with Gasteiger partial charge in [0.1, 0.15) is 0 Å². The van der Waals surface area contributed by atoms with Crippen LogP contribution >= 0.6 is 11.5 Å². The van der Waals surface area contributed by atoms with Crippen LogP contribution in [0.3, 0.4) is 0 Å². The first-order chi connectivity index (χ1) is 7.47. The van der Waals surface area contributed by atoms with Crippen molar-refractivity contribution < 1.29 is 0 Å². The molecule has 0 atom stereocenters. The Labute approximate surface area is 93.7 Å². The summed E-state index contributed by atoms with van der Waals surface area (Å²) < 4.78 is 5.30. The lowest BCUT2D eigenvalue weighted by Crippen LogP contribution is -2.39. The molecule has 0 radical (unpaired) electrons. The predicted molar refractivity (Wildman–Crippen MR) is 65.4 cm³/mol. The van der Waals surface area contributed by atoms with Gasteiger partial charge in [-0.1, -0.05) is 18.2 Å². The minimum Gasteiger partial charge on any atom is -0.314 e. The smallest absolute Gasteiger partial charge is 0.0549 e. The lowest BCUT2D eigenvalue weighted by Gasteiger charge is -2.11. The molecule has 1 aromatic heterocycles. The van der Waals surface area contributed by atoms with Gasteiger partial charge in [-0.2, -0.15) is 4.37 Å². The van der Waals surface area contributed by atoms with E-state index in [9.17, 15) is 0 Å². The molecular weight excluding hydrogens is 206 g/mol.